The maximum Gasteiger partial charge on any atom is 0.416 e. The largest absolute Gasteiger partial charge is 0.416 e. The van der Waals surface area contributed by atoms with Crippen molar-refractivity contribution in [3.8, 4) is 11.6 Å². The molecule has 2 aromatic heterocycles. The molecule has 11 heteroatoms. The van der Waals surface area contributed by atoms with Crippen LogP contribution < -0.4 is 0 Å². The second kappa shape index (κ2) is 7.53. The van der Waals surface area contributed by atoms with Crippen molar-refractivity contribution in [3.63, 3.8) is 0 Å². The standard InChI is InChI=1S/C19H20F3N3O4S/c1-11(10-30(26,27)13-7-5-12(6-8-13)19(20,21)22)17-23-16(25-29-17)14-9-15(24-28-14)18(2,3)4/h5-9,11H,10H2,1-4H3. The quantitative estimate of drug-likeness (QED) is 0.567. The van der Waals surface area contributed by atoms with Crippen molar-refractivity contribution in [2.75, 3.05) is 5.75 Å². The number of sulfone groups is 1. The Morgan fingerprint density at radius 3 is 2.20 bits per heavy atom. The molecule has 3 aromatic rings. The first-order valence-electron chi connectivity index (χ1n) is 8.98. The molecular formula is C19H20F3N3O4S. The third-order valence-electron chi connectivity index (χ3n) is 4.37. The van der Waals surface area contributed by atoms with Crippen LogP contribution in [0.1, 0.15) is 50.8 Å². The topological polar surface area (TPSA) is 99.1 Å². The molecule has 1 atom stereocenters. The Bertz CT molecular complexity index is 1130. The molecule has 0 N–H and O–H groups in total. The van der Waals surface area contributed by atoms with E-state index in [1.165, 1.54) is 0 Å². The molecule has 0 fully saturated rings. The summed E-state index contributed by atoms with van der Waals surface area (Å²) in [7, 11) is -3.87. The normalized spacial score (nSPS) is 14.1. The van der Waals surface area contributed by atoms with Crippen molar-refractivity contribution in [1.29, 1.82) is 0 Å². The number of alkyl halides is 3. The molecule has 3 rings (SSSR count). The Balaban J connectivity index is 1.76. The maximum atomic E-state index is 12.7. The first kappa shape index (κ1) is 22.0. The van der Waals surface area contributed by atoms with E-state index in [0.29, 0.717) is 5.69 Å². The molecule has 0 radical (unpaired) electrons. The summed E-state index contributed by atoms with van der Waals surface area (Å²) in [6.45, 7) is 7.46. The molecule has 162 valence electrons. The van der Waals surface area contributed by atoms with Crippen molar-refractivity contribution in [2.45, 2.75) is 50.1 Å². The van der Waals surface area contributed by atoms with Crippen LogP contribution in [0.4, 0.5) is 13.2 Å². The van der Waals surface area contributed by atoms with Gasteiger partial charge in [0.15, 0.2) is 9.84 Å². The highest BCUT2D eigenvalue weighted by Crippen LogP contribution is 2.31. The summed E-state index contributed by atoms with van der Waals surface area (Å²) in [6, 6.07) is 5.02. The molecule has 0 amide bonds. The first-order chi connectivity index (χ1) is 13.8. The number of hydrogen-bond donors (Lipinski definition) is 0. The average molecular weight is 443 g/mol. The van der Waals surface area contributed by atoms with Gasteiger partial charge in [-0.2, -0.15) is 18.2 Å². The molecule has 1 aromatic carbocycles. The molecule has 0 spiro atoms. The Morgan fingerprint density at radius 2 is 1.67 bits per heavy atom. The van der Waals surface area contributed by atoms with Crippen LogP contribution in [0.25, 0.3) is 11.6 Å². The molecule has 7 nitrogen and oxygen atoms in total. The van der Waals surface area contributed by atoms with Gasteiger partial charge in [0.05, 0.1) is 21.9 Å². The number of nitrogens with zero attached hydrogens (tertiary/aromatic N) is 3. The van der Waals surface area contributed by atoms with Gasteiger partial charge in [0, 0.05) is 17.4 Å². The molecule has 0 saturated carbocycles. The summed E-state index contributed by atoms with van der Waals surface area (Å²) in [4.78, 5) is 3.96. The SMILES string of the molecule is CC(CS(=O)(=O)c1ccc(C(F)(F)F)cc1)c1nc(-c2cc(C(C)(C)C)no2)no1. The smallest absolute Gasteiger partial charge is 0.352 e. The fourth-order valence-electron chi connectivity index (χ4n) is 2.62. The van der Waals surface area contributed by atoms with Crippen LogP contribution in [0.15, 0.2) is 44.3 Å². The third-order valence-corrected chi connectivity index (χ3v) is 6.30. The van der Waals surface area contributed by atoms with E-state index in [1.807, 2.05) is 20.8 Å². The number of benzene rings is 1. The lowest BCUT2D eigenvalue weighted by atomic mass is 9.92. The van der Waals surface area contributed by atoms with E-state index in [4.69, 9.17) is 9.05 Å². The van der Waals surface area contributed by atoms with Crippen LogP contribution in [0, 0.1) is 0 Å². The summed E-state index contributed by atoms with van der Waals surface area (Å²) >= 11 is 0. The van der Waals surface area contributed by atoms with Crippen LogP contribution >= 0.6 is 0 Å². The maximum absolute atomic E-state index is 12.7. The van der Waals surface area contributed by atoms with Crippen molar-refractivity contribution in [2.24, 2.45) is 0 Å². The number of aromatic nitrogens is 3. The molecule has 0 aliphatic carbocycles. The third kappa shape index (κ3) is 4.72. The van der Waals surface area contributed by atoms with Crippen LogP contribution in [0.5, 0.6) is 0 Å². The zero-order valence-electron chi connectivity index (χ0n) is 16.7. The van der Waals surface area contributed by atoms with E-state index in [1.54, 1.807) is 13.0 Å². The van der Waals surface area contributed by atoms with Gasteiger partial charge in [-0.05, 0) is 24.3 Å². The van der Waals surface area contributed by atoms with E-state index in [9.17, 15) is 21.6 Å². The summed E-state index contributed by atoms with van der Waals surface area (Å²) in [5, 5.41) is 7.77. The zero-order valence-corrected chi connectivity index (χ0v) is 17.5. The second-order valence-electron chi connectivity index (χ2n) is 7.99. The van der Waals surface area contributed by atoms with Gasteiger partial charge in [-0.25, -0.2) is 8.42 Å². The van der Waals surface area contributed by atoms with Crippen LogP contribution in [0.2, 0.25) is 0 Å². The Labute approximate surface area is 171 Å². The summed E-state index contributed by atoms with van der Waals surface area (Å²) in [5.41, 5.74) is -0.461. The van der Waals surface area contributed by atoms with Gasteiger partial charge in [0.25, 0.3) is 0 Å². The lowest BCUT2D eigenvalue weighted by molar-refractivity contribution is -0.137. The fraction of sp³-hybridized carbons (Fsp3) is 0.421. The Kier molecular flexibility index (Phi) is 5.52. The van der Waals surface area contributed by atoms with Gasteiger partial charge >= 0.3 is 6.18 Å². The van der Waals surface area contributed by atoms with E-state index in [-0.39, 0.29) is 27.8 Å². The first-order valence-corrected chi connectivity index (χ1v) is 10.6. The van der Waals surface area contributed by atoms with E-state index < -0.39 is 33.2 Å². The highest BCUT2D eigenvalue weighted by molar-refractivity contribution is 7.91. The molecular weight excluding hydrogens is 423 g/mol. The van der Waals surface area contributed by atoms with Gasteiger partial charge in [0.2, 0.25) is 17.5 Å². The second-order valence-corrected chi connectivity index (χ2v) is 10.0. The lowest BCUT2D eigenvalue weighted by Gasteiger charge is -2.12. The number of hydrogen-bond acceptors (Lipinski definition) is 7. The van der Waals surface area contributed by atoms with Crippen LogP contribution in [-0.2, 0) is 21.4 Å². The van der Waals surface area contributed by atoms with Crippen molar-refractivity contribution < 1.29 is 30.6 Å². The lowest BCUT2D eigenvalue weighted by Crippen LogP contribution is -2.14. The van der Waals surface area contributed by atoms with Crippen molar-refractivity contribution >= 4 is 9.84 Å². The molecule has 1 unspecified atom stereocenters. The van der Waals surface area contributed by atoms with Crippen molar-refractivity contribution in [3.05, 3.63) is 47.5 Å². The molecule has 30 heavy (non-hydrogen) atoms. The molecule has 0 aliphatic heterocycles. The van der Waals surface area contributed by atoms with Gasteiger partial charge in [-0.15, -0.1) is 0 Å². The summed E-state index contributed by atoms with van der Waals surface area (Å²) in [5.74, 6) is -0.624. The van der Waals surface area contributed by atoms with Gasteiger partial charge in [-0.3, -0.25) is 0 Å². The van der Waals surface area contributed by atoms with Crippen molar-refractivity contribution in [1.82, 2.24) is 15.3 Å². The monoisotopic (exact) mass is 443 g/mol. The predicted octanol–water partition coefficient (Wildman–Crippen LogP) is 4.62. The summed E-state index contributed by atoms with van der Waals surface area (Å²) in [6.07, 6.45) is -4.54. The molecule has 2 heterocycles. The molecule has 0 saturated heterocycles. The predicted molar refractivity (Wildman–Crippen MR) is 100 cm³/mol. The minimum atomic E-state index is -4.54. The minimum Gasteiger partial charge on any atom is -0.352 e. The van der Waals surface area contributed by atoms with Gasteiger partial charge < -0.3 is 9.05 Å². The van der Waals surface area contributed by atoms with Gasteiger partial charge in [-0.1, -0.05) is 38.0 Å². The van der Waals surface area contributed by atoms with E-state index in [0.717, 1.165) is 24.3 Å². The zero-order chi connectivity index (χ0) is 22.3. The molecule has 0 aliphatic rings. The van der Waals surface area contributed by atoms with Gasteiger partial charge in [0.1, 0.15) is 0 Å². The minimum absolute atomic E-state index is 0.0641. The van der Waals surface area contributed by atoms with E-state index >= 15 is 0 Å². The molecule has 0 bridgehead atoms. The fourth-order valence-corrected chi connectivity index (χ4v) is 4.16. The average Bonchev–Trinajstić information content (AvgIpc) is 3.30. The highest BCUT2D eigenvalue weighted by atomic mass is 32.2. The van der Waals surface area contributed by atoms with Crippen LogP contribution in [0.3, 0.4) is 0 Å². The number of rotatable bonds is 5. The summed E-state index contributed by atoms with van der Waals surface area (Å²) < 4.78 is 73.5. The highest BCUT2D eigenvalue weighted by Gasteiger charge is 2.31. The number of halogens is 3. The Morgan fingerprint density at radius 1 is 1.03 bits per heavy atom. The van der Waals surface area contributed by atoms with E-state index in [2.05, 4.69) is 15.3 Å². The Hall–Kier alpha value is -2.69. The van der Waals surface area contributed by atoms with Crippen LogP contribution in [-0.4, -0.2) is 29.5 Å².